The number of hydrogen-bond donors (Lipinski definition) is 1. The lowest BCUT2D eigenvalue weighted by Gasteiger charge is -2.36. The van der Waals surface area contributed by atoms with Gasteiger partial charge in [0.15, 0.2) is 5.65 Å². The summed E-state index contributed by atoms with van der Waals surface area (Å²) < 4.78 is 5.47. The molecule has 0 atom stereocenters. The number of piperazine rings is 1. The molecule has 4 rings (SSSR count). The van der Waals surface area contributed by atoms with Crippen molar-refractivity contribution in [3.05, 3.63) is 30.7 Å². The normalized spacial score (nSPS) is 15.7. The predicted molar refractivity (Wildman–Crippen MR) is 101 cm³/mol. The third-order valence-corrected chi connectivity index (χ3v) is 4.53. The average molecular weight is 353 g/mol. The number of anilines is 1. The molecule has 0 spiro atoms. The number of aromatic amines is 1. The molecule has 1 fully saturated rings. The molecule has 0 aliphatic carbocycles. The summed E-state index contributed by atoms with van der Waals surface area (Å²) in [6, 6.07) is 4.07. The molecule has 3 aromatic rings. The highest BCUT2D eigenvalue weighted by Gasteiger charge is 2.27. The van der Waals surface area contributed by atoms with E-state index in [-0.39, 0.29) is 6.09 Å². The van der Waals surface area contributed by atoms with Crippen LogP contribution in [0, 0.1) is 0 Å². The number of hydrogen-bond acceptors (Lipinski definition) is 5. The van der Waals surface area contributed by atoms with Gasteiger partial charge in [0.05, 0.1) is 29.0 Å². The Bertz CT molecular complexity index is 951. The number of H-pyrrole nitrogens is 1. The molecule has 7 nitrogen and oxygen atoms in total. The number of aromatic nitrogens is 3. The van der Waals surface area contributed by atoms with Crippen molar-refractivity contribution in [1.29, 1.82) is 0 Å². The molecule has 0 bridgehead atoms. The van der Waals surface area contributed by atoms with E-state index in [0.717, 1.165) is 40.7 Å². The summed E-state index contributed by atoms with van der Waals surface area (Å²) in [6.07, 6.45) is 5.34. The minimum absolute atomic E-state index is 0.246. The third kappa shape index (κ3) is 3.05. The molecule has 7 heteroatoms. The van der Waals surface area contributed by atoms with Gasteiger partial charge in [0.1, 0.15) is 5.60 Å². The number of nitrogens with zero attached hydrogens (tertiary/aromatic N) is 4. The van der Waals surface area contributed by atoms with Gasteiger partial charge in [0, 0.05) is 37.8 Å². The Morgan fingerprint density at radius 3 is 2.62 bits per heavy atom. The fourth-order valence-corrected chi connectivity index (χ4v) is 3.32. The Morgan fingerprint density at radius 1 is 1.15 bits per heavy atom. The molecule has 1 aliphatic heterocycles. The Morgan fingerprint density at radius 2 is 1.88 bits per heavy atom. The van der Waals surface area contributed by atoms with E-state index in [1.54, 1.807) is 4.90 Å². The van der Waals surface area contributed by atoms with Crippen molar-refractivity contribution in [1.82, 2.24) is 19.9 Å². The average Bonchev–Trinajstić information content (AvgIpc) is 3.05. The molecule has 1 saturated heterocycles. The lowest BCUT2D eigenvalue weighted by Crippen LogP contribution is -2.50. The number of amides is 1. The minimum Gasteiger partial charge on any atom is -0.444 e. The van der Waals surface area contributed by atoms with Gasteiger partial charge in [0.2, 0.25) is 0 Å². The number of fused-ring (bicyclic) bond motifs is 3. The van der Waals surface area contributed by atoms with Crippen molar-refractivity contribution < 1.29 is 9.53 Å². The van der Waals surface area contributed by atoms with Crippen LogP contribution in [0.15, 0.2) is 30.7 Å². The molecule has 3 aromatic heterocycles. The van der Waals surface area contributed by atoms with Gasteiger partial charge in [-0.1, -0.05) is 6.07 Å². The van der Waals surface area contributed by atoms with Gasteiger partial charge in [-0.3, -0.25) is 0 Å². The lowest BCUT2D eigenvalue weighted by atomic mass is 10.1. The Balaban J connectivity index is 1.57. The summed E-state index contributed by atoms with van der Waals surface area (Å²) in [5.74, 6) is 0. The zero-order chi connectivity index (χ0) is 18.3. The van der Waals surface area contributed by atoms with Gasteiger partial charge in [-0.15, -0.1) is 0 Å². The van der Waals surface area contributed by atoms with Crippen LogP contribution in [0.4, 0.5) is 10.5 Å². The topological polar surface area (TPSA) is 74.3 Å². The number of carbonyl (C=O) groups is 1. The molecule has 136 valence electrons. The first-order valence-electron chi connectivity index (χ1n) is 8.86. The van der Waals surface area contributed by atoms with E-state index in [9.17, 15) is 4.79 Å². The molecule has 1 amide bonds. The van der Waals surface area contributed by atoms with Crippen LogP contribution in [-0.4, -0.2) is 57.7 Å². The molecular weight excluding hydrogens is 330 g/mol. The van der Waals surface area contributed by atoms with Crippen LogP contribution in [0.1, 0.15) is 20.8 Å². The van der Waals surface area contributed by atoms with E-state index in [2.05, 4.69) is 25.9 Å². The third-order valence-electron chi connectivity index (χ3n) is 4.53. The van der Waals surface area contributed by atoms with Crippen LogP contribution in [-0.2, 0) is 4.74 Å². The maximum atomic E-state index is 12.3. The minimum atomic E-state index is -0.471. The first-order valence-corrected chi connectivity index (χ1v) is 8.86. The van der Waals surface area contributed by atoms with Crippen molar-refractivity contribution in [2.24, 2.45) is 0 Å². The van der Waals surface area contributed by atoms with Crippen molar-refractivity contribution >= 4 is 33.7 Å². The number of pyridine rings is 2. The van der Waals surface area contributed by atoms with Gasteiger partial charge >= 0.3 is 6.09 Å². The lowest BCUT2D eigenvalue weighted by molar-refractivity contribution is 0.0241. The summed E-state index contributed by atoms with van der Waals surface area (Å²) in [6.45, 7) is 8.41. The predicted octanol–water partition coefficient (Wildman–Crippen LogP) is 3.17. The highest BCUT2D eigenvalue weighted by molar-refractivity contribution is 6.10. The largest absolute Gasteiger partial charge is 0.444 e. The number of ether oxygens (including phenoxy) is 1. The SMILES string of the molecule is CC(C)(C)OC(=O)N1CCN(c2cnc3ncc4[nH]cccc4c23)CC1. The first kappa shape index (κ1) is 16.6. The Kier molecular flexibility index (Phi) is 3.94. The van der Waals surface area contributed by atoms with E-state index >= 15 is 0 Å². The first-order chi connectivity index (χ1) is 12.4. The van der Waals surface area contributed by atoms with E-state index < -0.39 is 5.60 Å². The smallest absolute Gasteiger partial charge is 0.410 e. The van der Waals surface area contributed by atoms with Crippen LogP contribution in [0.25, 0.3) is 21.9 Å². The zero-order valence-electron chi connectivity index (χ0n) is 15.3. The highest BCUT2D eigenvalue weighted by Crippen LogP contribution is 2.32. The van der Waals surface area contributed by atoms with Crippen molar-refractivity contribution in [2.45, 2.75) is 26.4 Å². The monoisotopic (exact) mass is 353 g/mol. The maximum Gasteiger partial charge on any atom is 0.410 e. The van der Waals surface area contributed by atoms with Gasteiger partial charge in [-0.25, -0.2) is 14.8 Å². The second-order valence-corrected chi connectivity index (χ2v) is 7.55. The van der Waals surface area contributed by atoms with Gasteiger partial charge in [-0.05, 0) is 26.8 Å². The van der Waals surface area contributed by atoms with Gasteiger partial charge in [-0.2, -0.15) is 0 Å². The fraction of sp³-hybridized carbons (Fsp3) is 0.421. The quantitative estimate of drug-likeness (QED) is 0.727. The van der Waals surface area contributed by atoms with Crippen molar-refractivity contribution in [3.63, 3.8) is 0 Å². The van der Waals surface area contributed by atoms with Crippen LogP contribution in [0.2, 0.25) is 0 Å². The van der Waals surface area contributed by atoms with Gasteiger partial charge in [0.25, 0.3) is 0 Å². The summed E-state index contributed by atoms with van der Waals surface area (Å²) in [5.41, 5.74) is 2.34. The molecule has 26 heavy (non-hydrogen) atoms. The molecule has 0 saturated carbocycles. The molecule has 0 radical (unpaired) electrons. The van der Waals surface area contributed by atoms with Crippen molar-refractivity contribution in [3.8, 4) is 0 Å². The van der Waals surface area contributed by atoms with E-state index in [1.807, 2.05) is 45.4 Å². The second kappa shape index (κ2) is 6.16. The summed E-state index contributed by atoms with van der Waals surface area (Å²) >= 11 is 0. The Hall–Kier alpha value is -2.83. The molecule has 1 N–H and O–H groups in total. The molecule has 4 heterocycles. The van der Waals surface area contributed by atoms with Gasteiger partial charge < -0.3 is 19.5 Å². The van der Waals surface area contributed by atoms with E-state index in [1.165, 1.54) is 0 Å². The number of nitrogens with one attached hydrogen (secondary N) is 1. The summed E-state index contributed by atoms with van der Waals surface area (Å²) in [7, 11) is 0. The molecule has 0 aromatic carbocycles. The van der Waals surface area contributed by atoms with Crippen LogP contribution < -0.4 is 4.90 Å². The van der Waals surface area contributed by atoms with E-state index in [4.69, 9.17) is 4.74 Å². The summed E-state index contributed by atoms with van der Waals surface area (Å²) in [5, 5.41) is 2.17. The molecule has 1 aliphatic rings. The van der Waals surface area contributed by atoms with Crippen LogP contribution in [0.3, 0.4) is 0 Å². The van der Waals surface area contributed by atoms with Crippen LogP contribution >= 0.6 is 0 Å². The van der Waals surface area contributed by atoms with E-state index in [0.29, 0.717) is 13.1 Å². The van der Waals surface area contributed by atoms with Crippen LogP contribution in [0.5, 0.6) is 0 Å². The Labute approximate surface area is 152 Å². The zero-order valence-corrected chi connectivity index (χ0v) is 15.3. The molecule has 0 unspecified atom stereocenters. The standard InChI is InChI=1S/C19H23N5O2/c1-19(2,3)26-18(25)24-9-7-23(8-10-24)15-12-22-17-16(15)13-5-4-6-20-14(13)11-21-17/h4-6,11-12,20H,7-10H2,1-3H3. The number of carbonyl (C=O) groups excluding carboxylic acids is 1. The second-order valence-electron chi connectivity index (χ2n) is 7.55. The maximum absolute atomic E-state index is 12.3. The fourth-order valence-electron chi connectivity index (χ4n) is 3.32. The molecular formula is C19H23N5O2. The number of rotatable bonds is 1. The summed E-state index contributed by atoms with van der Waals surface area (Å²) in [4.78, 5) is 28.4. The highest BCUT2D eigenvalue weighted by atomic mass is 16.6. The van der Waals surface area contributed by atoms with Crippen molar-refractivity contribution in [2.75, 3.05) is 31.1 Å².